The zero-order valence-corrected chi connectivity index (χ0v) is 28.1. The van der Waals surface area contributed by atoms with E-state index in [1.54, 1.807) is 58.3 Å². The van der Waals surface area contributed by atoms with Crippen LogP contribution < -0.4 is 0 Å². The molecule has 0 aromatic heterocycles. The fraction of sp³-hybridized carbons (Fsp3) is 0.500. The van der Waals surface area contributed by atoms with E-state index in [-0.39, 0.29) is 76.3 Å². The average Bonchev–Trinajstić information content (AvgIpc) is 3.46. The Kier molecular flexibility index (Phi) is 11.1. The maximum absolute atomic E-state index is 14.0. The van der Waals surface area contributed by atoms with Crippen molar-refractivity contribution < 1.29 is 38.2 Å². The van der Waals surface area contributed by atoms with Crippen molar-refractivity contribution in [3.8, 4) is 0 Å². The molecule has 12 nitrogen and oxygen atoms in total. The van der Waals surface area contributed by atoms with E-state index in [0.29, 0.717) is 35.1 Å². The van der Waals surface area contributed by atoms with E-state index in [1.807, 2.05) is 27.7 Å². The van der Waals surface area contributed by atoms with Crippen LogP contribution in [0.2, 0.25) is 0 Å². The Bertz CT molecular complexity index is 1370. The monoisotopic (exact) mass is 660 g/mol. The molecule has 48 heavy (non-hydrogen) atoms. The first-order chi connectivity index (χ1) is 23.0. The lowest BCUT2D eigenvalue weighted by molar-refractivity contribution is -0.139. The lowest BCUT2D eigenvalue weighted by Gasteiger charge is -2.34. The first-order valence-electron chi connectivity index (χ1n) is 16.7. The molecule has 2 aromatic carbocycles. The number of nitrogens with zero attached hydrogens (tertiary/aromatic N) is 4. The second-order valence-electron chi connectivity index (χ2n) is 13.2. The number of ether oxygens (including phenoxy) is 2. The molecule has 0 aliphatic carbocycles. The van der Waals surface area contributed by atoms with E-state index >= 15 is 0 Å². The lowest BCUT2D eigenvalue weighted by Crippen LogP contribution is -2.53. The minimum absolute atomic E-state index is 0.0339. The SMILES string of the molecule is CC(C)C[C@H](C(=O)N1CCOCCN(C(=O)[C@H](CC(C)C)N2C(=O)c3ccccc3C2=O)CCOCC1)N1C(=O)c2ccccc2C1=O. The van der Waals surface area contributed by atoms with Gasteiger partial charge in [-0.15, -0.1) is 0 Å². The van der Waals surface area contributed by atoms with Gasteiger partial charge in [-0.05, 0) is 48.9 Å². The molecule has 0 saturated carbocycles. The largest absolute Gasteiger partial charge is 0.378 e. The highest BCUT2D eigenvalue weighted by Crippen LogP contribution is 2.29. The highest BCUT2D eigenvalue weighted by Gasteiger charge is 2.45. The molecule has 0 bridgehead atoms. The number of hydrogen-bond donors (Lipinski definition) is 0. The molecule has 12 heteroatoms. The number of amides is 6. The van der Waals surface area contributed by atoms with Gasteiger partial charge in [0.15, 0.2) is 0 Å². The van der Waals surface area contributed by atoms with Gasteiger partial charge >= 0.3 is 0 Å². The molecule has 0 unspecified atom stereocenters. The molecule has 3 heterocycles. The second kappa shape index (κ2) is 15.2. The molecule has 2 aromatic rings. The van der Waals surface area contributed by atoms with Crippen LogP contribution in [-0.2, 0) is 19.1 Å². The summed E-state index contributed by atoms with van der Waals surface area (Å²) in [6.07, 6.45) is 0.620. The topological polar surface area (TPSA) is 134 Å². The third-order valence-corrected chi connectivity index (χ3v) is 8.88. The van der Waals surface area contributed by atoms with Gasteiger partial charge in [-0.3, -0.25) is 38.6 Å². The molecular formula is C36H44N4O8. The summed E-state index contributed by atoms with van der Waals surface area (Å²) in [6, 6.07) is 11.2. The molecule has 0 spiro atoms. The van der Waals surface area contributed by atoms with Crippen molar-refractivity contribution in [2.45, 2.75) is 52.6 Å². The standard InChI is InChI=1S/C36H44N4O8/c1-23(2)21-29(39-31(41)25-9-5-6-10-26(25)32(39)42)35(45)37-13-17-47-19-15-38(16-20-48-18-14-37)36(46)30(22-24(3)4)40-33(43)27-11-7-8-12-28(27)34(40)44/h5-12,23-24,29-30H,13-22H2,1-4H3/t29-,30+. The Morgan fingerprint density at radius 3 is 1.06 bits per heavy atom. The highest BCUT2D eigenvalue weighted by molar-refractivity contribution is 6.23. The Morgan fingerprint density at radius 1 is 0.542 bits per heavy atom. The van der Waals surface area contributed by atoms with Crippen molar-refractivity contribution in [1.29, 1.82) is 0 Å². The van der Waals surface area contributed by atoms with Gasteiger partial charge in [0.25, 0.3) is 23.6 Å². The van der Waals surface area contributed by atoms with E-state index in [2.05, 4.69) is 0 Å². The van der Waals surface area contributed by atoms with Gasteiger partial charge in [0.05, 0.1) is 48.7 Å². The maximum Gasteiger partial charge on any atom is 0.262 e. The van der Waals surface area contributed by atoms with Crippen molar-refractivity contribution in [3.63, 3.8) is 0 Å². The zero-order valence-electron chi connectivity index (χ0n) is 28.1. The number of hydrogen-bond acceptors (Lipinski definition) is 8. The molecule has 6 amide bonds. The number of imide groups is 2. The summed E-state index contributed by atoms with van der Waals surface area (Å²) < 4.78 is 11.8. The third kappa shape index (κ3) is 7.19. The molecule has 2 atom stereocenters. The molecule has 5 rings (SSSR count). The minimum Gasteiger partial charge on any atom is -0.378 e. The van der Waals surface area contributed by atoms with Crippen LogP contribution in [0.25, 0.3) is 0 Å². The quantitative estimate of drug-likeness (QED) is 0.395. The van der Waals surface area contributed by atoms with Gasteiger partial charge in [-0.2, -0.15) is 0 Å². The predicted molar refractivity (Wildman–Crippen MR) is 175 cm³/mol. The molecule has 3 aliphatic rings. The number of rotatable bonds is 8. The van der Waals surface area contributed by atoms with Crippen LogP contribution in [0.15, 0.2) is 48.5 Å². The summed E-state index contributed by atoms with van der Waals surface area (Å²) >= 11 is 0. The Labute approximate surface area is 280 Å². The number of carbonyl (C=O) groups is 6. The van der Waals surface area contributed by atoms with E-state index in [4.69, 9.17) is 9.47 Å². The zero-order chi connectivity index (χ0) is 34.5. The first-order valence-corrected chi connectivity index (χ1v) is 16.7. The van der Waals surface area contributed by atoms with Crippen LogP contribution in [-0.4, -0.2) is 120 Å². The predicted octanol–water partition coefficient (Wildman–Crippen LogP) is 3.11. The van der Waals surface area contributed by atoms with Crippen LogP contribution in [0.5, 0.6) is 0 Å². The van der Waals surface area contributed by atoms with Gasteiger partial charge in [-0.1, -0.05) is 52.0 Å². The summed E-state index contributed by atoms with van der Waals surface area (Å²) in [4.78, 5) is 86.6. The van der Waals surface area contributed by atoms with Gasteiger partial charge < -0.3 is 19.3 Å². The van der Waals surface area contributed by atoms with Crippen LogP contribution >= 0.6 is 0 Å². The third-order valence-electron chi connectivity index (χ3n) is 8.88. The Morgan fingerprint density at radius 2 is 0.812 bits per heavy atom. The molecule has 1 fully saturated rings. The highest BCUT2D eigenvalue weighted by atomic mass is 16.5. The Balaban J connectivity index is 1.25. The van der Waals surface area contributed by atoms with Crippen molar-refractivity contribution in [3.05, 3.63) is 70.8 Å². The smallest absolute Gasteiger partial charge is 0.262 e. The van der Waals surface area contributed by atoms with Crippen molar-refractivity contribution in [1.82, 2.24) is 19.6 Å². The van der Waals surface area contributed by atoms with E-state index < -0.39 is 35.7 Å². The number of benzene rings is 2. The molecule has 1 saturated heterocycles. The van der Waals surface area contributed by atoms with Gasteiger partial charge in [0.2, 0.25) is 11.8 Å². The molecule has 0 N–H and O–H groups in total. The second-order valence-corrected chi connectivity index (χ2v) is 13.2. The maximum atomic E-state index is 14.0. The van der Waals surface area contributed by atoms with Gasteiger partial charge in [0, 0.05) is 26.2 Å². The molecule has 3 aliphatic heterocycles. The summed E-state index contributed by atoms with van der Waals surface area (Å²) in [6.45, 7) is 9.13. The van der Waals surface area contributed by atoms with Crippen LogP contribution in [0, 0.1) is 11.8 Å². The fourth-order valence-corrected chi connectivity index (χ4v) is 6.50. The van der Waals surface area contributed by atoms with Gasteiger partial charge in [0.1, 0.15) is 12.1 Å². The summed E-state index contributed by atoms with van der Waals surface area (Å²) in [5, 5.41) is 0. The van der Waals surface area contributed by atoms with Crippen LogP contribution in [0.1, 0.15) is 82.0 Å². The first kappa shape index (κ1) is 34.9. The van der Waals surface area contributed by atoms with Crippen LogP contribution in [0.3, 0.4) is 0 Å². The van der Waals surface area contributed by atoms with Crippen LogP contribution in [0.4, 0.5) is 0 Å². The van der Waals surface area contributed by atoms with Gasteiger partial charge in [-0.25, -0.2) is 0 Å². The molecular weight excluding hydrogens is 616 g/mol. The van der Waals surface area contributed by atoms with E-state index in [9.17, 15) is 28.8 Å². The van der Waals surface area contributed by atoms with E-state index in [0.717, 1.165) is 9.80 Å². The van der Waals surface area contributed by atoms with E-state index in [1.165, 1.54) is 0 Å². The average molecular weight is 661 g/mol. The summed E-state index contributed by atoms with van der Waals surface area (Å²) in [5.41, 5.74) is 1.17. The summed E-state index contributed by atoms with van der Waals surface area (Å²) in [5.74, 6) is -2.53. The normalized spacial score (nSPS) is 19.0. The molecule has 256 valence electrons. The number of carbonyl (C=O) groups excluding carboxylic acids is 6. The van der Waals surface area contributed by atoms with Crippen molar-refractivity contribution in [2.75, 3.05) is 52.6 Å². The minimum atomic E-state index is -0.974. The molecule has 0 radical (unpaired) electrons. The van der Waals surface area contributed by atoms with Crippen molar-refractivity contribution >= 4 is 35.4 Å². The summed E-state index contributed by atoms with van der Waals surface area (Å²) in [7, 11) is 0. The fourth-order valence-electron chi connectivity index (χ4n) is 6.50. The Hall–Kier alpha value is -4.42. The van der Waals surface area contributed by atoms with Crippen molar-refractivity contribution in [2.24, 2.45) is 11.8 Å². The number of fused-ring (bicyclic) bond motifs is 2. The lowest BCUT2D eigenvalue weighted by atomic mass is 10.0.